The molecule has 1 aromatic heterocycles. The maximum absolute atomic E-state index is 12.7. The Hall–Kier alpha value is -2.27. The number of amides is 2. The number of aromatic nitrogens is 1. The largest absolute Gasteiger partial charge is 0.348 e. The molecule has 5 heteroatoms. The first-order valence-electron chi connectivity index (χ1n) is 10.2. The van der Waals surface area contributed by atoms with Gasteiger partial charge >= 0.3 is 6.03 Å². The number of fused-ring (bicyclic) bond motifs is 1. The first-order valence-corrected chi connectivity index (χ1v) is 10.2. The Morgan fingerprint density at radius 3 is 2.59 bits per heavy atom. The van der Waals surface area contributed by atoms with Gasteiger partial charge in [-0.1, -0.05) is 18.6 Å². The lowest BCUT2D eigenvalue weighted by Gasteiger charge is -2.34. The Morgan fingerprint density at radius 1 is 1.04 bits per heavy atom. The van der Waals surface area contributed by atoms with Gasteiger partial charge in [0, 0.05) is 37.2 Å². The number of carbonyl (C=O) groups is 1. The second-order valence-electron chi connectivity index (χ2n) is 7.78. The molecular weight excluding hydrogens is 336 g/mol. The number of nitrogens with zero attached hydrogens (tertiary/aromatic N) is 3. The summed E-state index contributed by atoms with van der Waals surface area (Å²) in [5.41, 5.74) is 3.40. The molecule has 1 atom stereocenters. The minimum absolute atomic E-state index is 0.0176. The van der Waals surface area contributed by atoms with Crippen LogP contribution in [-0.4, -0.2) is 46.6 Å². The van der Waals surface area contributed by atoms with Crippen molar-refractivity contribution in [3.63, 3.8) is 0 Å². The lowest BCUT2D eigenvalue weighted by atomic mass is 10.1. The highest BCUT2D eigenvalue weighted by molar-refractivity contribution is 5.89. The molecule has 2 aromatic rings. The molecule has 1 aromatic carbocycles. The normalized spacial score (nSPS) is 20.3. The van der Waals surface area contributed by atoms with Crippen LogP contribution in [0.1, 0.15) is 43.5 Å². The quantitative estimate of drug-likeness (QED) is 0.884. The fourth-order valence-corrected chi connectivity index (χ4v) is 4.28. The van der Waals surface area contributed by atoms with Crippen LogP contribution in [0.2, 0.25) is 0 Å². The fraction of sp³-hybridized carbons (Fsp3) is 0.500. The number of likely N-dealkylation sites (tertiary alicyclic amines) is 1. The topological polar surface area (TPSA) is 40.5 Å². The van der Waals surface area contributed by atoms with Gasteiger partial charge in [-0.3, -0.25) is 0 Å². The van der Waals surface area contributed by atoms with Gasteiger partial charge in [-0.25, -0.2) is 4.79 Å². The van der Waals surface area contributed by atoms with E-state index in [4.69, 9.17) is 0 Å². The smallest absolute Gasteiger partial charge is 0.322 e. The summed E-state index contributed by atoms with van der Waals surface area (Å²) >= 11 is 0. The molecule has 0 radical (unpaired) electrons. The monoisotopic (exact) mass is 366 g/mol. The molecule has 2 aliphatic heterocycles. The van der Waals surface area contributed by atoms with Crippen LogP contribution in [0.25, 0.3) is 0 Å². The fourth-order valence-electron chi connectivity index (χ4n) is 4.28. The molecule has 3 heterocycles. The van der Waals surface area contributed by atoms with Crippen LogP contribution in [0.15, 0.2) is 42.6 Å². The van der Waals surface area contributed by atoms with E-state index in [-0.39, 0.29) is 12.1 Å². The second-order valence-corrected chi connectivity index (χ2v) is 7.78. The highest BCUT2D eigenvalue weighted by Crippen LogP contribution is 2.26. The van der Waals surface area contributed by atoms with E-state index < -0.39 is 0 Å². The van der Waals surface area contributed by atoms with Crippen molar-refractivity contribution in [3.8, 4) is 0 Å². The van der Waals surface area contributed by atoms with E-state index >= 15 is 0 Å². The van der Waals surface area contributed by atoms with Gasteiger partial charge in [0.05, 0.1) is 6.04 Å². The summed E-state index contributed by atoms with van der Waals surface area (Å²) < 4.78 is 2.23. The third-order valence-corrected chi connectivity index (χ3v) is 5.97. The van der Waals surface area contributed by atoms with Crippen molar-refractivity contribution in [2.75, 3.05) is 31.5 Å². The Bertz CT molecular complexity index is 761. The summed E-state index contributed by atoms with van der Waals surface area (Å²) in [6, 6.07) is 12.6. The first kappa shape index (κ1) is 18.1. The van der Waals surface area contributed by atoms with Crippen molar-refractivity contribution in [3.05, 3.63) is 53.9 Å². The molecule has 0 spiro atoms. The predicted octanol–water partition coefficient (Wildman–Crippen LogP) is 4.13. The minimum Gasteiger partial charge on any atom is -0.348 e. The lowest BCUT2D eigenvalue weighted by Crippen LogP contribution is -2.42. The van der Waals surface area contributed by atoms with Gasteiger partial charge in [0.1, 0.15) is 0 Å². The zero-order valence-corrected chi connectivity index (χ0v) is 16.2. The SMILES string of the molecule is C[C@H]1c2cccn2CCN1C(=O)Nc1ccc(CCN2CCCCC2)cc1. The third-order valence-electron chi connectivity index (χ3n) is 5.97. The Morgan fingerprint density at radius 2 is 1.81 bits per heavy atom. The standard InChI is InChI=1S/C22H30N4O/c1-18-21-6-5-14-25(21)16-17-26(18)22(27)23-20-9-7-19(8-10-20)11-15-24-12-3-2-4-13-24/h5-10,14,18H,2-4,11-13,15-17H2,1H3,(H,23,27)/t18-/m0/s1. The van der Waals surface area contributed by atoms with Crippen LogP contribution in [0.5, 0.6) is 0 Å². The maximum Gasteiger partial charge on any atom is 0.322 e. The van der Waals surface area contributed by atoms with Crippen molar-refractivity contribution in [1.29, 1.82) is 0 Å². The summed E-state index contributed by atoms with van der Waals surface area (Å²) in [5, 5.41) is 3.07. The van der Waals surface area contributed by atoms with Crippen molar-refractivity contribution in [1.82, 2.24) is 14.4 Å². The van der Waals surface area contributed by atoms with Gasteiger partial charge in [-0.15, -0.1) is 0 Å². The summed E-state index contributed by atoms with van der Waals surface area (Å²) in [4.78, 5) is 17.2. The number of hydrogen-bond donors (Lipinski definition) is 1. The van der Waals surface area contributed by atoms with E-state index in [0.717, 1.165) is 31.7 Å². The molecule has 0 unspecified atom stereocenters. The summed E-state index contributed by atoms with van der Waals surface area (Å²) in [7, 11) is 0. The van der Waals surface area contributed by atoms with E-state index in [0.29, 0.717) is 0 Å². The van der Waals surface area contributed by atoms with E-state index in [9.17, 15) is 4.79 Å². The minimum atomic E-state index is -0.0176. The molecule has 1 fully saturated rings. The van der Waals surface area contributed by atoms with Crippen LogP contribution in [0.4, 0.5) is 10.5 Å². The molecule has 27 heavy (non-hydrogen) atoms. The van der Waals surface area contributed by atoms with E-state index in [1.807, 2.05) is 17.0 Å². The van der Waals surface area contributed by atoms with Crippen LogP contribution >= 0.6 is 0 Å². The van der Waals surface area contributed by atoms with Crippen LogP contribution in [0, 0.1) is 0 Å². The molecule has 2 amide bonds. The molecule has 5 nitrogen and oxygen atoms in total. The number of piperidine rings is 1. The molecular formula is C22H30N4O. The van der Waals surface area contributed by atoms with Crippen molar-refractivity contribution in [2.45, 2.75) is 45.2 Å². The first-order chi connectivity index (χ1) is 13.2. The van der Waals surface area contributed by atoms with Crippen molar-refractivity contribution in [2.24, 2.45) is 0 Å². The van der Waals surface area contributed by atoms with E-state index in [1.54, 1.807) is 0 Å². The van der Waals surface area contributed by atoms with Gasteiger partial charge < -0.3 is 19.7 Å². The number of benzene rings is 1. The van der Waals surface area contributed by atoms with Crippen LogP contribution in [-0.2, 0) is 13.0 Å². The predicted molar refractivity (Wildman–Crippen MR) is 109 cm³/mol. The van der Waals surface area contributed by atoms with Gasteiger partial charge in [0.15, 0.2) is 0 Å². The Labute approximate surface area is 162 Å². The van der Waals surface area contributed by atoms with E-state index in [1.165, 1.54) is 43.6 Å². The zero-order chi connectivity index (χ0) is 18.6. The summed E-state index contributed by atoms with van der Waals surface area (Å²) in [6.45, 7) is 7.31. The average molecular weight is 367 g/mol. The van der Waals surface area contributed by atoms with Crippen molar-refractivity contribution >= 4 is 11.7 Å². The number of nitrogens with one attached hydrogen (secondary N) is 1. The molecule has 0 aliphatic carbocycles. The number of urea groups is 1. The Kier molecular flexibility index (Phi) is 5.48. The summed E-state index contributed by atoms with van der Waals surface area (Å²) in [5.74, 6) is 0. The van der Waals surface area contributed by atoms with Gasteiger partial charge in [-0.05, 0) is 69.1 Å². The molecule has 1 N–H and O–H groups in total. The third kappa shape index (κ3) is 4.19. The molecule has 0 bridgehead atoms. The number of rotatable bonds is 4. The number of carbonyl (C=O) groups excluding carboxylic acids is 1. The van der Waals surface area contributed by atoms with Crippen LogP contribution in [0.3, 0.4) is 0 Å². The number of anilines is 1. The average Bonchev–Trinajstić information content (AvgIpc) is 3.18. The lowest BCUT2D eigenvalue weighted by molar-refractivity contribution is 0.175. The maximum atomic E-state index is 12.7. The Balaban J connectivity index is 1.31. The molecule has 1 saturated heterocycles. The molecule has 2 aliphatic rings. The molecule has 144 valence electrons. The van der Waals surface area contributed by atoms with Crippen LogP contribution < -0.4 is 5.32 Å². The highest BCUT2D eigenvalue weighted by atomic mass is 16.2. The zero-order valence-electron chi connectivity index (χ0n) is 16.2. The van der Waals surface area contributed by atoms with Gasteiger partial charge in [0.25, 0.3) is 0 Å². The number of hydrogen-bond acceptors (Lipinski definition) is 2. The highest BCUT2D eigenvalue weighted by Gasteiger charge is 2.27. The van der Waals surface area contributed by atoms with Crippen molar-refractivity contribution < 1.29 is 4.79 Å². The van der Waals surface area contributed by atoms with Gasteiger partial charge in [0.2, 0.25) is 0 Å². The molecule has 0 saturated carbocycles. The molecule has 4 rings (SSSR count). The second kappa shape index (κ2) is 8.17. The van der Waals surface area contributed by atoms with E-state index in [2.05, 4.69) is 52.2 Å². The van der Waals surface area contributed by atoms with Gasteiger partial charge in [-0.2, -0.15) is 0 Å². The summed E-state index contributed by atoms with van der Waals surface area (Å²) in [6.07, 6.45) is 7.22.